The van der Waals surface area contributed by atoms with Crippen LogP contribution in [0.15, 0.2) is 24.3 Å². The Morgan fingerprint density at radius 1 is 1.04 bits per heavy atom. The van der Waals surface area contributed by atoms with Gasteiger partial charge in [0.05, 0.1) is 13.1 Å². The number of hydrogen-bond donors (Lipinski definition) is 2. The van der Waals surface area contributed by atoms with E-state index in [4.69, 9.17) is 0 Å². The molecule has 6 nitrogen and oxygen atoms in total. The Morgan fingerprint density at radius 3 is 2.04 bits per heavy atom. The van der Waals surface area contributed by atoms with Crippen LogP contribution in [0, 0.1) is 0 Å². The van der Waals surface area contributed by atoms with E-state index in [1.165, 1.54) is 17.0 Å². The minimum atomic E-state index is -4.76. The fourth-order valence-corrected chi connectivity index (χ4v) is 1.94. The number of ether oxygens (including phenoxy) is 1. The molecule has 0 radical (unpaired) electrons. The molecular formula is C16H22F3N3O3. The lowest BCUT2D eigenvalue weighted by atomic mass is 10.1. The molecule has 0 bridgehead atoms. The fraction of sp³-hybridized carbons (Fsp3) is 0.500. The lowest BCUT2D eigenvalue weighted by molar-refractivity contribution is -0.274. The molecule has 0 aliphatic rings. The molecule has 0 aromatic heterocycles. The number of amides is 2. The highest BCUT2D eigenvalue weighted by Gasteiger charge is 2.30. The average Bonchev–Trinajstić information content (AvgIpc) is 2.36. The van der Waals surface area contributed by atoms with Crippen molar-refractivity contribution in [3.05, 3.63) is 24.3 Å². The van der Waals surface area contributed by atoms with E-state index in [0.717, 1.165) is 12.1 Å². The molecule has 0 aliphatic carbocycles. The van der Waals surface area contributed by atoms with Crippen molar-refractivity contribution in [3.8, 4) is 5.75 Å². The van der Waals surface area contributed by atoms with Crippen molar-refractivity contribution in [2.75, 3.05) is 25.5 Å². The Hall–Kier alpha value is -2.29. The van der Waals surface area contributed by atoms with Crippen molar-refractivity contribution < 1.29 is 27.5 Å². The summed E-state index contributed by atoms with van der Waals surface area (Å²) in [5.41, 5.74) is -0.0347. The first-order chi connectivity index (χ1) is 11.3. The second-order valence-electron chi connectivity index (χ2n) is 6.59. The molecule has 1 aromatic rings. The van der Waals surface area contributed by atoms with E-state index in [-0.39, 0.29) is 30.3 Å². The number of carbonyl (C=O) groups is 2. The molecule has 0 unspecified atom stereocenters. The van der Waals surface area contributed by atoms with Crippen molar-refractivity contribution in [2.24, 2.45) is 0 Å². The molecule has 2 amide bonds. The molecule has 9 heteroatoms. The number of halogens is 3. The number of alkyl halides is 3. The van der Waals surface area contributed by atoms with Gasteiger partial charge in [-0.1, -0.05) is 0 Å². The van der Waals surface area contributed by atoms with Gasteiger partial charge in [0.2, 0.25) is 11.8 Å². The maximum Gasteiger partial charge on any atom is 0.573 e. The van der Waals surface area contributed by atoms with Crippen LogP contribution in [-0.4, -0.2) is 48.8 Å². The smallest absolute Gasteiger partial charge is 0.406 e. The van der Waals surface area contributed by atoms with Crippen LogP contribution in [0.2, 0.25) is 0 Å². The molecule has 25 heavy (non-hydrogen) atoms. The number of benzene rings is 1. The highest BCUT2D eigenvalue weighted by molar-refractivity contribution is 5.92. The van der Waals surface area contributed by atoms with Gasteiger partial charge < -0.3 is 15.4 Å². The third-order valence-corrected chi connectivity index (χ3v) is 2.71. The zero-order chi connectivity index (χ0) is 19.3. The standard InChI is InChI=1S/C16H22F3N3O3/c1-15(2,3)21-14(24)10-22(4)9-13(23)20-11-5-7-12(8-6-11)25-16(17,18)19/h5-8H,9-10H2,1-4H3,(H,20,23)(H,21,24). The van der Waals surface area contributed by atoms with Crippen molar-refractivity contribution in [1.82, 2.24) is 10.2 Å². The van der Waals surface area contributed by atoms with Gasteiger partial charge in [0.15, 0.2) is 0 Å². The summed E-state index contributed by atoms with van der Waals surface area (Å²) in [6.45, 7) is 5.55. The summed E-state index contributed by atoms with van der Waals surface area (Å²) in [5.74, 6) is -0.978. The van der Waals surface area contributed by atoms with E-state index in [9.17, 15) is 22.8 Å². The van der Waals surface area contributed by atoms with Gasteiger partial charge in [-0.15, -0.1) is 13.2 Å². The quantitative estimate of drug-likeness (QED) is 0.816. The number of hydrogen-bond acceptors (Lipinski definition) is 4. The summed E-state index contributed by atoms with van der Waals surface area (Å²) in [4.78, 5) is 25.2. The molecule has 0 saturated carbocycles. The van der Waals surface area contributed by atoms with Gasteiger partial charge in [0.1, 0.15) is 5.75 Å². The van der Waals surface area contributed by atoms with Gasteiger partial charge in [0, 0.05) is 11.2 Å². The third kappa shape index (κ3) is 9.55. The second kappa shape index (κ2) is 8.19. The van der Waals surface area contributed by atoms with E-state index >= 15 is 0 Å². The molecule has 1 aromatic carbocycles. The molecule has 0 fully saturated rings. The Labute approximate surface area is 144 Å². The summed E-state index contributed by atoms with van der Waals surface area (Å²) in [6.07, 6.45) is -4.76. The molecule has 0 spiro atoms. The molecular weight excluding hydrogens is 339 g/mol. The number of carbonyl (C=O) groups excluding carboxylic acids is 2. The second-order valence-corrected chi connectivity index (χ2v) is 6.59. The third-order valence-electron chi connectivity index (χ3n) is 2.71. The van der Waals surface area contributed by atoms with Crippen molar-refractivity contribution in [3.63, 3.8) is 0 Å². The zero-order valence-corrected chi connectivity index (χ0v) is 14.5. The summed E-state index contributed by atoms with van der Waals surface area (Å²) >= 11 is 0. The lowest BCUT2D eigenvalue weighted by Crippen LogP contribution is -2.46. The Balaban J connectivity index is 2.47. The number of anilines is 1. The maximum atomic E-state index is 12.1. The number of nitrogens with one attached hydrogen (secondary N) is 2. The maximum absolute atomic E-state index is 12.1. The minimum absolute atomic E-state index is 0.0433. The van der Waals surface area contributed by atoms with Crippen LogP contribution in [0.3, 0.4) is 0 Å². The molecule has 0 heterocycles. The van der Waals surface area contributed by atoms with Crippen molar-refractivity contribution in [2.45, 2.75) is 32.7 Å². The topological polar surface area (TPSA) is 70.7 Å². The van der Waals surface area contributed by atoms with Crippen molar-refractivity contribution >= 4 is 17.5 Å². The van der Waals surface area contributed by atoms with Crippen LogP contribution in [-0.2, 0) is 9.59 Å². The average molecular weight is 361 g/mol. The number of likely N-dealkylation sites (N-methyl/N-ethyl adjacent to an activating group) is 1. The van der Waals surface area contributed by atoms with Gasteiger partial charge >= 0.3 is 6.36 Å². The first kappa shape index (κ1) is 20.8. The van der Waals surface area contributed by atoms with Gasteiger partial charge in [-0.25, -0.2) is 0 Å². The fourth-order valence-electron chi connectivity index (χ4n) is 1.94. The predicted octanol–water partition coefficient (Wildman–Crippen LogP) is 2.37. The molecule has 140 valence electrons. The van der Waals surface area contributed by atoms with Crippen LogP contribution in [0.25, 0.3) is 0 Å². The van der Waals surface area contributed by atoms with E-state index in [1.54, 1.807) is 7.05 Å². The van der Waals surface area contributed by atoms with Crippen LogP contribution in [0.5, 0.6) is 5.75 Å². The summed E-state index contributed by atoms with van der Waals surface area (Å²) < 4.78 is 40.0. The van der Waals surface area contributed by atoms with Gasteiger partial charge in [0.25, 0.3) is 0 Å². The molecule has 0 aliphatic heterocycles. The predicted molar refractivity (Wildman–Crippen MR) is 87.1 cm³/mol. The SMILES string of the molecule is CN(CC(=O)Nc1ccc(OC(F)(F)F)cc1)CC(=O)NC(C)(C)C. The summed E-state index contributed by atoms with van der Waals surface area (Å²) in [7, 11) is 1.61. The normalized spacial score (nSPS) is 12.0. The van der Waals surface area contributed by atoms with E-state index in [2.05, 4.69) is 15.4 Å². The number of rotatable bonds is 6. The van der Waals surface area contributed by atoms with Gasteiger partial charge in [-0.3, -0.25) is 14.5 Å². The molecule has 0 atom stereocenters. The number of nitrogens with zero attached hydrogens (tertiary/aromatic N) is 1. The Morgan fingerprint density at radius 2 is 1.56 bits per heavy atom. The molecule has 0 saturated heterocycles. The van der Waals surface area contributed by atoms with Crippen LogP contribution >= 0.6 is 0 Å². The molecule has 2 N–H and O–H groups in total. The Bertz CT molecular complexity index is 595. The Kier molecular flexibility index (Phi) is 6.80. The zero-order valence-electron chi connectivity index (χ0n) is 14.5. The van der Waals surface area contributed by atoms with Gasteiger partial charge in [-0.2, -0.15) is 0 Å². The van der Waals surface area contributed by atoms with Gasteiger partial charge in [-0.05, 0) is 52.1 Å². The summed E-state index contributed by atoms with van der Waals surface area (Å²) in [6, 6.07) is 4.80. The van der Waals surface area contributed by atoms with E-state index in [1.807, 2.05) is 20.8 Å². The van der Waals surface area contributed by atoms with Crippen LogP contribution < -0.4 is 15.4 Å². The monoisotopic (exact) mass is 361 g/mol. The highest BCUT2D eigenvalue weighted by Crippen LogP contribution is 2.23. The minimum Gasteiger partial charge on any atom is -0.406 e. The van der Waals surface area contributed by atoms with Crippen LogP contribution in [0.4, 0.5) is 18.9 Å². The summed E-state index contributed by atoms with van der Waals surface area (Å²) in [5, 5.41) is 5.31. The molecule has 1 rings (SSSR count). The first-order valence-corrected chi connectivity index (χ1v) is 7.49. The van der Waals surface area contributed by atoms with Crippen molar-refractivity contribution in [1.29, 1.82) is 0 Å². The lowest BCUT2D eigenvalue weighted by Gasteiger charge is -2.23. The first-order valence-electron chi connectivity index (χ1n) is 7.49. The highest BCUT2D eigenvalue weighted by atomic mass is 19.4. The van der Waals surface area contributed by atoms with E-state index in [0.29, 0.717) is 5.69 Å². The van der Waals surface area contributed by atoms with Crippen LogP contribution in [0.1, 0.15) is 20.8 Å². The van der Waals surface area contributed by atoms with E-state index < -0.39 is 12.3 Å². The largest absolute Gasteiger partial charge is 0.573 e.